The predicted octanol–water partition coefficient (Wildman–Crippen LogP) is 3.32. The fourth-order valence-corrected chi connectivity index (χ4v) is 4.86. The third kappa shape index (κ3) is 4.86. The first kappa shape index (κ1) is 18.0. The molecule has 0 amide bonds. The summed E-state index contributed by atoms with van der Waals surface area (Å²) < 4.78 is 0. The molecular formula is C22H32N2O2. The van der Waals surface area contributed by atoms with E-state index in [0.717, 1.165) is 31.2 Å². The minimum Gasteiger partial charge on any atom is -0.480 e. The number of nitrogens with zero attached hydrogens (tertiary/aromatic N) is 1. The zero-order chi connectivity index (χ0) is 17.9. The molecule has 1 aromatic carbocycles. The Labute approximate surface area is 157 Å². The Morgan fingerprint density at radius 2 is 1.73 bits per heavy atom. The Kier molecular flexibility index (Phi) is 5.60. The second kappa shape index (κ2) is 8.10. The molecule has 4 heteroatoms. The smallest absolute Gasteiger partial charge is 0.317 e. The number of benzene rings is 1. The van der Waals surface area contributed by atoms with Gasteiger partial charge < -0.3 is 10.4 Å². The number of nitrogens with one attached hydrogen (secondary N) is 1. The topological polar surface area (TPSA) is 52.6 Å². The van der Waals surface area contributed by atoms with Gasteiger partial charge in [-0.05, 0) is 68.8 Å². The number of carboxylic acids is 1. The molecule has 0 heterocycles. The monoisotopic (exact) mass is 356 g/mol. The SMILES string of the molecule is O=C(O)CN(CC1CC1)C1CC(NC2CCC(Cc3ccccc3)C2)C1. The Bertz CT molecular complexity index is 595. The highest BCUT2D eigenvalue weighted by Gasteiger charge is 2.38. The van der Waals surface area contributed by atoms with Crippen LogP contribution in [-0.4, -0.2) is 47.2 Å². The number of hydrogen-bond donors (Lipinski definition) is 2. The van der Waals surface area contributed by atoms with E-state index in [-0.39, 0.29) is 6.54 Å². The Balaban J connectivity index is 1.18. The van der Waals surface area contributed by atoms with Crippen LogP contribution in [0.2, 0.25) is 0 Å². The molecular weight excluding hydrogens is 324 g/mol. The van der Waals surface area contributed by atoms with E-state index in [1.165, 1.54) is 44.1 Å². The van der Waals surface area contributed by atoms with Crippen LogP contribution < -0.4 is 5.32 Å². The van der Waals surface area contributed by atoms with E-state index in [4.69, 9.17) is 0 Å². The van der Waals surface area contributed by atoms with Crippen molar-refractivity contribution < 1.29 is 9.90 Å². The Hall–Kier alpha value is -1.39. The predicted molar refractivity (Wildman–Crippen MR) is 103 cm³/mol. The highest BCUT2D eigenvalue weighted by molar-refractivity contribution is 5.69. The Morgan fingerprint density at radius 3 is 2.42 bits per heavy atom. The van der Waals surface area contributed by atoms with Gasteiger partial charge in [0.25, 0.3) is 0 Å². The second-order valence-corrected chi connectivity index (χ2v) is 8.82. The van der Waals surface area contributed by atoms with Crippen molar-refractivity contribution in [2.45, 2.75) is 69.5 Å². The molecule has 4 rings (SSSR count). The highest BCUT2D eigenvalue weighted by atomic mass is 16.4. The van der Waals surface area contributed by atoms with Crippen LogP contribution in [0.4, 0.5) is 0 Å². The van der Waals surface area contributed by atoms with Gasteiger partial charge in [-0.1, -0.05) is 30.3 Å². The molecule has 26 heavy (non-hydrogen) atoms. The van der Waals surface area contributed by atoms with Crippen molar-refractivity contribution in [2.24, 2.45) is 11.8 Å². The van der Waals surface area contributed by atoms with Crippen molar-refractivity contribution in [1.29, 1.82) is 0 Å². The molecule has 0 bridgehead atoms. The molecule has 2 N–H and O–H groups in total. The highest BCUT2D eigenvalue weighted by Crippen LogP contribution is 2.35. The largest absolute Gasteiger partial charge is 0.480 e. The minimum absolute atomic E-state index is 0.219. The lowest BCUT2D eigenvalue weighted by Crippen LogP contribution is -2.55. The molecule has 0 aromatic heterocycles. The van der Waals surface area contributed by atoms with Gasteiger partial charge in [-0.25, -0.2) is 0 Å². The molecule has 4 nitrogen and oxygen atoms in total. The van der Waals surface area contributed by atoms with E-state index < -0.39 is 5.97 Å². The summed E-state index contributed by atoms with van der Waals surface area (Å²) in [4.78, 5) is 13.4. The average Bonchev–Trinajstić information content (AvgIpc) is 3.28. The summed E-state index contributed by atoms with van der Waals surface area (Å²) in [5, 5.41) is 13.0. The van der Waals surface area contributed by atoms with Crippen molar-refractivity contribution in [3.63, 3.8) is 0 Å². The normalized spacial score (nSPS) is 31.1. The summed E-state index contributed by atoms with van der Waals surface area (Å²) in [7, 11) is 0. The maximum Gasteiger partial charge on any atom is 0.317 e. The molecule has 2 unspecified atom stereocenters. The molecule has 3 fully saturated rings. The molecule has 0 spiro atoms. The van der Waals surface area contributed by atoms with Gasteiger partial charge in [0, 0.05) is 24.7 Å². The van der Waals surface area contributed by atoms with Gasteiger partial charge >= 0.3 is 5.97 Å². The summed E-state index contributed by atoms with van der Waals surface area (Å²) in [6, 6.07) is 12.6. The number of carbonyl (C=O) groups is 1. The first-order valence-electron chi connectivity index (χ1n) is 10.4. The molecule has 0 aliphatic heterocycles. The van der Waals surface area contributed by atoms with Crippen LogP contribution in [0.3, 0.4) is 0 Å². The quantitative estimate of drug-likeness (QED) is 0.713. The molecule has 2 atom stereocenters. The van der Waals surface area contributed by atoms with Gasteiger partial charge in [0.1, 0.15) is 0 Å². The number of aliphatic carboxylic acids is 1. The van der Waals surface area contributed by atoms with Crippen LogP contribution in [0.15, 0.2) is 30.3 Å². The van der Waals surface area contributed by atoms with Crippen LogP contribution in [0, 0.1) is 11.8 Å². The van der Waals surface area contributed by atoms with Gasteiger partial charge in [-0.15, -0.1) is 0 Å². The Morgan fingerprint density at radius 1 is 1.00 bits per heavy atom. The summed E-state index contributed by atoms with van der Waals surface area (Å²) in [5.74, 6) is 0.890. The van der Waals surface area contributed by atoms with E-state index in [1.807, 2.05) is 0 Å². The van der Waals surface area contributed by atoms with Crippen molar-refractivity contribution in [2.75, 3.05) is 13.1 Å². The van der Waals surface area contributed by atoms with Gasteiger partial charge in [0.2, 0.25) is 0 Å². The lowest BCUT2D eigenvalue weighted by Gasteiger charge is -2.44. The fourth-order valence-electron chi connectivity index (χ4n) is 4.86. The van der Waals surface area contributed by atoms with Gasteiger partial charge in [0.15, 0.2) is 0 Å². The lowest BCUT2D eigenvalue weighted by molar-refractivity contribution is -0.139. The van der Waals surface area contributed by atoms with Crippen LogP contribution >= 0.6 is 0 Å². The molecule has 3 aliphatic rings. The molecule has 142 valence electrons. The van der Waals surface area contributed by atoms with E-state index in [2.05, 4.69) is 40.5 Å². The van der Waals surface area contributed by atoms with E-state index in [1.54, 1.807) is 0 Å². The zero-order valence-corrected chi connectivity index (χ0v) is 15.6. The number of carboxylic acid groups (broad SMARTS) is 1. The maximum absolute atomic E-state index is 11.1. The van der Waals surface area contributed by atoms with Crippen LogP contribution in [0.5, 0.6) is 0 Å². The number of hydrogen-bond acceptors (Lipinski definition) is 3. The minimum atomic E-state index is -0.679. The molecule has 3 saturated carbocycles. The third-order valence-electron chi connectivity index (χ3n) is 6.54. The summed E-state index contributed by atoms with van der Waals surface area (Å²) in [6.45, 7) is 1.21. The van der Waals surface area contributed by atoms with Crippen LogP contribution in [-0.2, 0) is 11.2 Å². The first-order valence-corrected chi connectivity index (χ1v) is 10.4. The van der Waals surface area contributed by atoms with Crippen LogP contribution in [0.1, 0.15) is 50.5 Å². The average molecular weight is 357 g/mol. The van der Waals surface area contributed by atoms with Crippen molar-refractivity contribution in [3.8, 4) is 0 Å². The van der Waals surface area contributed by atoms with E-state index in [9.17, 15) is 9.90 Å². The number of rotatable bonds is 9. The zero-order valence-electron chi connectivity index (χ0n) is 15.6. The summed E-state index contributed by atoms with van der Waals surface area (Å²) in [6.07, 6.45) is 9.94. The second-order valence-electron chi connectivity index (χ2n) is 8.82. The van der Waals surface area contributed by atoms with Crippen LogP contribution in [0.25, 0.3) is 0 Å². The van der Waals surface area contributed by atoms with Crippen molar-refractivity contribution in [3.05, 3.63) is 35.9 Å². The van der Waals surface area contributed by atoms with Crippen molar-refractivity contribution >= 4 is 5.97 Å². The standard InChI is InChI=1S/C22H32N2O2/c25-22(26)15-24(14-17-6-7-17)21-12-20(13-21)23-19-9-8-18(11-19)10-16-4-2-1-3-5-16/h1-5,17-21,23H,6-15H2,(H,25,26). The molecule has 1 aromatic rings. The van der Waals surface area contributed by atoms with Gasteiger partial charge in [-0.3, -0.25) is 9.69 Å². The molecule has 0 saturated heterocycles. The van der Waals surface area contributed by atoms with Gasteiger partial charge in [0.05, 0.1) is 6.54 Å². The fraction of sp³-hybridized carbons (Fsp3) is 0.682. The van der Waals surface area contributed by atoms with E-state index in [0.29, 0.717) is 18.1 Å². The summed E-state index contributed by atoms with van der Waals surface area (Å²) >= 11 is 0. The first-order chi connectivity index (χ1) is 12.7. The molecule has 0 radical (unpaired) electrons. The van der Waals surface area contributed by atoms with Gasteiger partial charge in [-0.2, -0.15) is 0 Å². The third-order valence-corrected chi connectivity index (χ3v) is 6.54. The van der Waals surface area contributed by atoms with E-state index >= 15 is 0 Å². The molecule has 3 aliphatic carbocycles. The van der Waals surface area contributed by atoms with Crippen molar-refractivity contribution in [1.82, 2.24) is 10.2 Å². The summed E-state index contributed by atoms with van der Waals surface area (Å²) in [5.41, 5.74) is 1.46. The maximum atomic E-state index is 11.1. The lowest BCUT2D eigenvalue weighted by atomic mass is 9.84.